The fourth-order valence-corrected chi connectivity index (χ4v) is 3.59. The van der Waals surface area contributed by atoms with Crippen molar-refractivity contribution in [3.63, 3.8) is 0 Å². The molecule has 0 fully saturated rings. The van der Waals surface area contributed by atoms with Crippen molar-refractivity contribution >= 4 is 40.4 Å². The fourth-order valence-electron chi connectivity index (χ4n) is 2.23. The van der Waals surface area contributed by atoms with E-state index in [1.54, 1.807) is 12.3 Å². The van der Waals surface area contributed by atoms with Crippen LogP contribution in [0.2, 0.25) is 10.0 Å². The quantitative estimate of drug-likeness (QED) is 0.678. The summed E-state index contributed by atoms with van der Waals surface area (Å²) in [6.45, 7) is 0.519. The summed E-state index contributed by atoms with van der Waals surface area (Å²) in [7, 11) is 0. The number of benzene rings is 1. The average Bonchev–Trinajstić information content (AvgIpc) is 3.16. The van der Waals surface area contributed by atoms with Crippen LogP contribution < -0.4 is 5.32 Å². The first-order chi connectivity index (χ1) is 11.6. The molecule has 0 bridgehead atoms. The highest BCUT2D eigenvalue weighted by Crippen LogP contribution is 2.24. The van der Waals surface area contributed by atoms with Gasteiger partial charge in [-0.2, -0.15) is 0 Å². The van der Waals surface area contributed by atoms with E-state index in [0.717, 1.165) is 16.3 Å². The zero-order valence-electron chi connectivity index (χ0n) is 12.6. The van der Waals surface area contributed by atoms with Gasteiger partial charge in [0.2, 0.25) is 5.91 Å². The molecular weight excluding hydrogens is 367 g/mol. The largest absolute Gasteiger partial charge is 0.462 e. The van der Waals surface area contributed by atoms with Gasteiger partial charge in [0.05, 0.1) is 18.4 Å². The Morgan fingerprint density at radius 2 is 2.04 bits per heavy atom. The molecule has 24 heavy (non-hydrogen) atoms. The van der Waals surface area contributed by atoms with Gasteiger partial charge in [-0.3, -0.25) is 4.79 Å². The maximum absolute atomic E-state index is 12.0. The molecule has 0 radical (unpaired) electrons. The molecule has 0 saturated carbocycles. The molecule has 3 rings (SSSR count). The summed E-state index contributed by atoms with van der Waals surface area (Å²) in [6.07, 6.45) is 2.51. The van der Waals surface area contributed by atoms with Gasteiger partial charge in [0.15, 0.2) is 10.8 Å². The molecule has 4 nitrogen and oxygen atoms in total. The van der Waals surface area contributed by atoms with Gasteiger partial charge in [-0.05, 0) is 42.3 Å². The molecule has 0 saturated heterocycles. The minimum atomic E-state index is -0.0700. The third kappa shape index (κ3) is 4.60. The first kappa shape index (κ1) is 17.0. The van der Waals surface area contributed by atoms with Crippen LogP contribution in [-0.2, 0) is 17.6 Å². The van der Waals surface area contributed by atoms with E-state index in [9.17, 15) is 4.79 Å². The van der Waals surface area contributed by atoms with Crippen molar-refractivity contribution in [2.24, 2.45) is 0 Å². The molecule has 0 spiro atoms. The second kappa shape index (κ2) is 7.83. The zero-order chi connectivity index (χ0) is 16.9. The maximum atomic E-state index is 12.0. The highest BCUT2D eigenvalue weighted by atomic mass is 35.5. The first-order valence-corrected chi connectivity index (χ1v) is 8.93. The highest BCUT2D eigenvalue weighted by Gasteiger charge is 2.10. The average molecular weight is 381 g/mol. The monoisotopic (exact) mass is 380 g/mol. The molecule has 1 N–H and O–H groups in total. The van der Waals surface area contributed by atoms with Crippen LogP contribution in [0.1, 0.15) is 11.3 Å². The smallest absolute Gasteiger partial charge is 0.226 e. The minimum Gasteiger partial charge on any atom is -0.462 e. The van der Waals surface area contributed by atoms with Crippen molar-refractivity contribution in [1.29, 1.82) is 0 Å². The summed E-state index contributed by atoms with van der Waals surface area (Å²) >= 11 is 13.4. The summed E-state index contributed by atoms with van der Waals surface area (Å²) in [6, 6.07) is 9.03. The van der Waals surface area contributed by atoms with Crippen molar-refractivity contribution in [2.45, 2.75) is 12.8 Å². The number of aromatic nitrogens is 1. The summed E-state index contributed by atoms with van der Waals surface area (Å²) < 4.78 is 5.30. The lowest BCUT2D eigenvalue weighted by Crippen LogP contribution is -2.27. The van der Waals surface area contributed by atoms with Gasteiger partial charge in [-0.25, -0.2) is 4.98 Å². The number of nitrogens with one attached hydrogen (secondary N) is 1. The Balaban J connectivity index is 1.49. The number of nitrogens with zero attached hydrogens (tertiary/aromatic N) is 1. The van der Waals surface area contributed by atoms with Crippen LogP contribution in [0.25, 0.3) is 10.8 Å². The van der Waals surface area contributed by atoms with Gasteiger partial charge in [-0.1, -0.05) is 23.2 Å². The molecule has 0 aliphatic heterocycles. The van der Waals surface area contributed by atoms with E-state index in [-0.39, 0.29) is 12.3 Å². The van der Waals surface area contributed by atoms with Crippen LogP contribution in [-0.4, -0.2) is 17.4 Å². The summed E-state index contributed by atoms with van der Waals surface area (Å²) in [5, 5.41) is 6.71. The Labute approximate surface area is 153 Å². The number of hydrogen-bond donors (Lipinski definition) is 1. The Morgan fingerprint density at radius 1 is 1.25 bits per heavy atom. The normalized spacial score (nSPS) is 10.8. The Bertz CT molecular complexity index is 811. The minimum absolute atomic E-state index is 0.0700. The van der Waals surface area contributed by atoms with Crippen molar-refractivity contribution in [3.05, 3.63) is 63.3 Å². The van der Waals surface area contributed by atoms with Crippen LogP contribution in [0.15, 0.2) is 46.4 Å². The summed E-state index contributed by atoms with van der Waals surface area (Å²) in [4.78, 5) is 16.4. The van der Waals surface area contributed by atoms with Crippen LogP contribution in [0.5, 0.6) is 0 Å². The molecule has 2 aromatic heterocycles. The number of hydrogen-bond acceptors (Lipinski definition) is 4. The van der Waals surface area contributed by atoms with Crippen molar-refractivity contribution in [1.82, 2.24) is 10.3 Å². The predicted molar refractivity (Wildman–Crippen MR) is 96.7 cm³/mol. The lowest BCUT2D eigenvalue weighted by Gasteiger charge is -2.05. The van der Waals surface area contributed by atoms with Gasteiger partial charge in [0.1, 0.15) is 0 Å². The Hall–Kier alpha value is -1.82. The third-order valence-corrected chi connectivity index (χ3v) is 4.63. The van der Waals surface area contributed by atoms with Crippen molar-refractivity contribution in [3.8, 4) is 10.8 Å². The summed E-state index contributed by atoms with van der Waals surface area (Å²) in [5.74, 6) is 0.643. The molecule has 0 unspecified atom stereocenters. The van der Waals surface area contributed by atoms with Gasteiger partial charge in [-0.15, -0.1) is 11.3 Å². The summed E-state index contributed by atoms with van der Waals surface area (Å²) in [5.41, 5.74) is 1.72. The maximum Gasteiger partial charge on any atom is 0.226 e. The topological polar surface area (TPSA) is 55.1 Å². The van der Waals surface area contributed by atoms with E-state index < -0.39 is 0 Å². The molecule has 0 atom stereocenters. The molecule has 0 aliphatic carbocycles. The number of carbonyl (C=O) groups excluding carboxylic acids is 1. The lowest BCUT2D eigenvalue weighted by molar-refractivity contribution is -0.120. The molecular formula is C17H14Cl2N2O2S. The van der Waals surface area contributed by atoms with E-state index in [2.05, 4.69) is 10.3 Å². The third-order valence-electron chi connectivity index (χ3n) is 3.28. The van der Waals surface area contributed by atoms with Gasteiger partial charge < -0.3 is 9.73 Å². The zero-order valence-corrected chi connectivity index (χ0v) is 14.9. The van der Waals surface area contributed by atoms with E-state index >= 15 is 0 Å². The van der Waals surface area contributed by atoms with Crippen LogP contribution >= 0.6 is 34.5 Å². The number of furan rings is 1. The van der Waals surface area contributed by atoms with Crippen molar-refractivity contribution in [2.75, 3.05) is 6.54 Å². The molecule has 0 aliphatic rings. The standard InChI is InChI=1S/C17H14Cl2N2O2S/c18-12-6-11(7-13(19)8-12)3-4-20-16(22)9-14-10-24-17(21-14)15-2-1-5-23-15/h1-2,5-8,10H,3-4,9H2,(H,20,22). The lowest BCUT2D eigenvalue weighted by atomic mass is 10.1. The second-order valence-electron chi connectivity index (χ2n) is 5.18. The van der Waals surface area contributed by atoms with Gasteiger partial charge >= 0.3 is 0 Å². The molecule has 3 aromatic rings. The number of rotatable bonds is 6. The number of thiazole rings is 1. The fraction of sp³-hybridized carbons (Fsp3) is 0.176. The second-order valence-corrected chi connectivity index (χ2v) is 6.91. The Morgan fingerprint density at radius 3 is 2.75 bits per heavy atom. The molecule has 1 amide bonds. The molecule has 124 valence electrons. The first-order valence-electron chi connectivity index (χ1n) is 7.30. The van der Waals surface area contributed by atoms with E-state index in [0.29, 0.717) is 28.8 Å². The van der Waals surface area contributed by atoms with Gasteiger partial charge in [0.25, 0.3) is 0 Å². The number of halogens is 2. The highest BCUT2D eigenvalue weighted by molar-refractivity contribution is 7.13. The SMILES string of the molecule is O=C(Cc1csc(-c2ccco2)n1)NCCc1cc(Cl)cc(Cl)c1. The number of carbonyl (C=O) groups is 1. The molecule has 7 heteroatoms. The van der Waals surface area contributed by atoms with Crippen LogP contribution in [0.3, 0.4) is 0 Å². The van der Waals surface area contributed by atoms with E-state index in [1.807, 2.05) is 29.6 Å². The van der Waals surface area contributed by atoms with Crippen LogP contribution in [0.4, 0.5) is 0 Å². The Kier molecular flexibility index (Phi) is 5.56. The molecule has 1 aromatic carbocycles. The van der Waals surface area contributed by atoms with Crippen molar-refractivity contribution < 1.29 is 9.21 Å². The number of amides is 1. The van der Waals surface area contributed by atoms with Gasteiger partial charge in [0, 0.05) is 22.0 Å². The van der Waals surface area contributed by atoms with E-state index in [4.69, 9.17) is 27.6 Å². The molecule has 2 heterocycles. The van der Waals surface area contributed by atoms with Crippen LogP contribution in [0, 0.1) is 0 Å². The predicted octanol–water partition coefficient (Wildman–Crippen LogP) is 4.61. The van der Waals surface area contributed by atoms with E-state index in [1.165, 1.54) is 11.3 Å².